The van der Waals surface area contributed by atoms with Gasteiger partial charge in [0.25, 0.3) is 0 Å². The fourth-order valence-corrected chi connectivity index (χ4v) is 3.13. The molecule has 1 N–H and O–H groups in total. The van der Waals surface area contributed by atoms with Crippen molar-refractivity contribution in [2.24, 2.45) is 0 Å². The van der Waals surface area contributed by atoms with Crippen molar-refractivity contribution in [3.05, 3.63) is 60.2 Å². The lowest BCUT2D eigenvalue weighted by atomic mass is 9.86. The molecule has 1 amide bonds. The molecule has 1 unspecified atom stereocenters. The van der Waals surface area contributed by atoms with Crippen molar-refractivity contribution < 1.29 is 4.79 Å². The van der Waals surface area contributed by atoms with Crippen LogP contribution in [-0.2, 0) is 11.2 Å². The highest BCUT2D eigenvalue weighted by molar-refractivity contribution is 5.79. The van der Waals surface area contributed by atoms with E-state index < -0.39 is 0 Å². The Hall–Kier alpha value is -2.09. The largest absolute Gasteiger partial charge is 0.350 e. The predicted molar refractivity (Wildman–Crippen MR) is 86.0 cm³/mol. The minimum absolute atomic E-state index is 0.0364. The second-order valence-electron chi connectivity index (χ2n) is 5.92. The van der Waals surface area contributed by atoms with Gasteiger partial charge in [-0.05, 0) is 36.0 Å². The Bertz CT molecular complexity index is 618. The molecule has 0 bridgehead atoms. The fourth-order valence-electron chi connectivity index (χ4n) is 3.13. The first-order valence-electron chi connectivity index (χ1n) is 7.66. The van der Waals surface area contributed by atoms with Crippen LogP contribution in [0, 0.1) is 0 Å². The van der Waals surface area contributed by atoms with E-state index in [1.54, 1.807) is 0 Å². The van der Waals surface area contributed by atoms with E-state index in [4.69, 9.17) is 0 Å². The van der Waals surface area contributed by atoms with Gasteiger partial charge in [-0.2, -0.15) is 0 Å². The Labute approximate surface area is 126 Å². The molecule has 2 heteroatoms. The summed E-state index contributed by atoms with van der Waals surface area (Å²) >= 11 is 0. The molecule has 2 aromatic carbocycles. The first kappa shape index (κ1) is 13.9. The van der Waals surface area contributed by atoms with Crippen LogP contribution in [0.1, 0.15) is 31.7 Å². The van der Waals surface area contributed by atoms with Gasteiger partial charge in [-0.25, -0.2) is 0 Å². The average Bonchev–Trinajstić information content (AvgIpc) is 2.90. The Morgan fingerprint density at radius 2 is 1.67 bits per heavy atom. The van der Waals surface area contributed by atoms with Crippen LogP contribution in [0.15, 0.2) is 54.6 Å². The topological polar surface area (TPSA) is 29.1 Å². The third kappa shape index (κ3) is 2.99. The molecular weight excluding hydrogens is 258 g/mol. The predicted octanol–water partition coefficient (Wildman–Crippen LogP) is 3.95. The summed E-state index contributed by atoms with van der Waals surface area (Å²) in [5, 5.41) is 3.17. The summed E-state index contributed by atoms with van der Waals surface area (Å²) < 4.78 is 0. The van der Waals surface area contributed by atoms with E-state index in [0.717, 1.165) is 19.3 Å². The molecule has 2 aromatic rings. The molecule has 0 aliphatic carbocycles. The van der Waals surface area contributed by atoms with Gasteiger partial charge in [0.1, 0.15) is 0 Å². The van der Waals surface area contributed by atoms with Crippen LogP contribution in [0.3, 0.4) is 0 Å². The molecule has 2 nitrogen and oxygen atoms in total. The summed E-state index contributed by atoms with van der Waals surface area (Å²) in [6.07, 6.45) is 3.52. The zero-order valence-corrected chi connectivity index (χ0v) is 12.4. The molecular formula is C19H21NO. The summed E-state index contributed by atoms with van der Waals surface area (Å²) in [6.45, 7) is 2.16. The first-order chi connectivity index (χ1) is 10.2. The average molecular weight is 279 g/mol. The normalized spacial score (nSPS) is 21.3. The van der Waals surface area contributed by atoms with Gasteiger partial charge in [0.15, 0.2) is 0 Å². The third-order valence-corrected chi connectivity index (χ3v) is 4.52. The van der Waals surface area contributed by atoms with Crippen molar-refractivity contribution in [2.45, 2.75) is 38.1 Å². The van der Waals surface area contributed by atoms with Crippen molar-refractivity contribution in [2.75, 3.05) is 0 Å². The van der Waals surface area contributed by atoms with Crippen LogP contribution in [0.2, 0.25) is 0 Å². The molecule has 1 atom stereocenters. The van der Waals surface area contributed by atoms with Gasteiger partial charge in [0, 0.05) is 12.0 Å². The van der Waals surface area contributed by atoms with E-state index >= 15 is 0 Å². The van der Waals surface area contributed by atoms with Gasteiger partial charge in [-0.3, -0.25) is 4.79 Å². The van der Waals surface area contributed by atoms with Crippen LogP contribution in [0.25, 0.3) is 11.1 Å². The smallest absolute Gasteiger partial charge is 0.220 e. The van der Waals surface area contributed by atoms with Crippen LogP contribution in [0.4, 0.5) is 0 Å². The van der Waals surface area contributed by atoms with E-state index in [0.29, 0.717) is 6.42 Å². The first-order valence-corrected chi connectivity index (χ1v) is 7.66. The molecule has 0 spiro atoms. The molecule has 0 aromatic heterocycles. The Morgan fingerprint density at radius 1 is 1.00 bits per heavy atom. The molecule has 3 rings (SSSR count). The number of carbonyl (C=O) groups excluding carboxylic acids is 1. The number of rotatable bonds is 4. The Morgan fingerprint density at radius 3 is 2.24 bits per heavy atom. The molecule has 1 aliphatic rings. The van der Waals surface area contributed by atoms with Crippen LogP contribution in [0.5, 0.6) is 0 Å². The second kappa shape index (κ2) is 5.72. The maximum absolute atomic E-state index is 11.5. The lowest BCUT2D eigenvalue weighted by molar-refractivity contribution is -0.119. The number of hydrogen-bond acceptors (Lipinski definition) is 1. The highest BCUT2D eigenvalue weighted by Gasteiger charge is 2.35. The van der Waals surface area contributed by atoms with Gasteiger partial charge in [0.05, 0.1) is 0 Å². The molecule has 1 aliphatic heterocycles. The standard InChI is InChI=1S/C19H21NO/c1-2-19(13-12-18(21)20-19)14-15-8-10-17(11-9-15)16-6-4-3-5-7-16/h3-11H,2,12-14H2,1H3,(H,20,21). The summed E-state index contributed by atoms with van der Waals surface area (Å²) in [5.41, 5.74) is 3.73. The van der Waals surface area contributed by atoms with Crippen LogP contribution < -0.4 is 5.32 Å². The van der Waals surface area contributed by atoms with Crippen molar-refractivity contribution >= 4 is 5.91 Å². The molecule has 0 saturated carbocycles. The van der Waals surface area contributed by atoms with Gasteiger partial charge in [-0.1, -0.05) is 61.5 Å². The van der Waals surface area contributed by atoms with Crippen molar-refractivity contribution in [3.8, 4) is 11.1 Å². The maximum Gasteiger partial charge on any atom is 0.220 e. The molecule has 1 fully saturated rings. The third-order valence-electron chi connectivity index (χ3n) is 4.52. The lowest BCUT2D eigenvalue weighted by Crippen LogP contribution is -2.42. The molecule has 1 saturated heterocycles. The van der Waals surface area contributed by atoms with Gasteiger partial charge < -0.3 is 5.32 Å². The van der Waals surface area contributed by atoms with Crippen molar-refractivity contribution in [1.82, 2.24) is 5.32 Å². The maximum atomic E-state index is 11.5. The highest BCUT2D eigenvalue weighted by Crippen LogP contribution is 2.29. The van der Waals surface area contributed by atoms with Gasteiger partial charge in [0.2, 0.25) is 5.91 Å². The van der Waals surface area contributed by atoms with Gasteiger partial charge in [-0.15, -0.1) is 0 Å². The summed E-state index contributed by atoms with van der Waals surface area (Å²) in [7, 11) is 0. The fraction of sp³-hybridized carbons (Fsp3) is 0.316. The summed E-state index contributed by atoms with van der Waals surface area (Å²) in [4.78, 5) is 11.5. The second-order valence-corrected chi connectivity index (χ2v) is 5.92. The van der Waals surface area contributed by atoms with Crippen LogP contribution in [-0.4, -0.2) is 11.4 Å². The zero-order chi connectivity index (χ0) is 14.7. The number of hydrogen-bond donors (Lipinski definition) is 1. The lowest BCUT2D eigenvalue weighted by Gasteiger charge is -2.28. The molecule has 21 heavy (non-hydrogen) atoms. The van der Waals surface area contributed by atoms with E-state index in [2.05, 4.69) is 60.8 Å². The minimum Gasteiger partial charge on any atom is -0.350 e. The quantitative estimate of drug-likeness (QED) is 0.902. The number of amides is 1. The number of nitrogens with one attached hydrogen (secondary N) is 1. The minimum atomic E-state index is -0.0364. The Balaban J connectivity index is 1.77. The van der Waals surface area contributed by atoms with Crippen molar-refractivity contribution in [3.63, 3.8) is 0 Å². The summed E-state index contributed by atoms with van der Waals surface area (Å²) in [6, 6.07) is 19.1. The van der Waals surface area contributed by atoms with E-state index in [-0.39, 0.29) is 11.4 Å². The Kier molecular flexibility index (Phi) is 3.78. The van der Waals surface area contributed by atoms with E-state index in [9.17, 15) is 4.79 Å². The van der Waals surface area contributed by atoms with Crippen LogP contribution >= 0.6 is 0 Å². The highest BCUT2D eigenvalue weighted by atomic mass is 16.2. The van der Waals surface area contributed by atoms with E-state index in [1.165, 1.54) is 16.7 Å². The summed E-state index contributed by atoms with van der Waals surface area (Å²) in [5.74, 6) is 0.192. The van der Waals surface area contributed by atoms with Crippen molar-refractivity contribution in [1.29, 1.82) is 0 Å². The molecule has 1 heterocycles. The SMILES string of the molecule is CCC1(Cc2ccc(-c3ccccc3)cc2)CCC(=O)N1. The monoisotopic (exact) mass is 279 g/mol. The zero-order valence-electron chi connectivity index (χ0n) is 12.4. The molecule has 108 valence electrons. The van der Waals surface area contributed by atoms with E-state index in [1.807, 2.05) is 6.07 Å². The van der Waals surface area contributed by atoms with Gasteiger partial charge >= 0.3 is 0 Å². The number of benzene rings is 2. The number of carbonyl (C=O) groups is 1. The molecule has 0 radical (unpaired) electrons.